The number of halogens is 4. The lowest BCUT2D eigenvalue weighted by Gasteiger charge is -2.21. The first-order chi connectivity index (χ1) is 8.93. The minimum Gasteiger partial charge on any atom is -0.354 e. The first-order valence-corrected chi connectivity index (χ1v) is 6.07. The van der Waals surface area contributed by atoms with Crippen molar-refractivity contribution in [1.29, 1.82) is 0 Å². The Hall–Kier alpha value is -1.56. The number of anilines is 1. The van der Waals surface area contributed by atoms with Gasteiger partial charge in [0.2, 0.25) is 0 Å². The van der Waals surface area contributed by atoms with Crippen LogP contribution < -0.4 is 5.32 Å². The van der Waals surface area contributed by atoms with E-state index in [0.29, 0.717) is 10.8 Å². The fraction of sp³-hybridized carbons (Fsp3) is 0.333. The van der Waals surface area contributed by atoms with Crippen LogP contribution in [0.3, 0.4) is 0 Å². The molecule has 0 aliphatic heterocycles. The molecule has 1 saturated carbocycles. The van der Waals surface area contributed by atoms with E-state index in [4.69, 9.17) is 11.6 Å². The molecule has 100 valence electrons. The van der Waals surface area contributed by atoms with Crippen molar-refractivity contribution in [2.75, 3.05) is 5.32 Å². The van der Waals surface area contributed by atoms with Gasteiger partial charge in [-0.3, -0.25) is 0 Å². The number of hydrogen-bond donors (Lipinski definition) is 1. The summed E-state index contributed by atoms with van der Waals surface area (Å²) in [5, 5.41) is 11.2. The second-order valence-electron chi connectivity index (χ2n) is 4.59. The smallest absolute Gasteiger partial charge is 0.354 e. The maximum absolute atomic E-state index is 12.9. The van der Waals surface area contributed by atoms with Crippen molar-refractivity contribution < 1.29 is 13.2 Å². The third-order valence-electron chi connectivity index (χ3n) is 3.29. The number of alkyl halides is 3. The molecule has 0 atom stereocenters. The number of fused-ring (bicyclic) bond motifs is 1. The van der Waals surface area contributed by atoms with Crippen molar-refractivity contribution in [3.8, 4) is 0 Å². The molecule has 1 aromatic heterocycles. The monoisotopic (exact) mass is 287 g/mol. The quantitative estimate of drug-likeness (QED) is 0.913. The van der Waals surface area contributed by atoms with Gasteiger partial charge in [0, 0.05) is 10.8 Å². The predicted molar refractivity (Wildman–Crippen MR) is 66.2 cm³/mol. The van der Waals surface area contributed by atoms with Crippen molar-refractivity contribution in [3.63, 3.8) is 0 Å². The molecule has 0 bridgehead atoms. The Morgan fingerprint density at radius 3 is 2.32 bits per heavy atom. The summed E-state index contributed by atoms with van der Waals surface area (Å²) in [6.45, 7) is 0. The highest BCUT2D eigenvalue weighted by molar-refractivity contribution is 6.34. The van der Waals surface area contributed by atoms with Gasteiger partial charge in [-0.25, -0.2) is 0 Å². The Bertz CT molecular complexity index is 638. The highest BCUT2D eigenvalue weighted by Gasteiger charge is 2.63. The highest BCUT2D eigenvalue weighted by Crippen LogP contribution is 2.51. The third kappa shape index (κ3) is 2.00. The summed E-state index contributed by atoms with van der Waals surface area (Å²) in [5.74, 6) is 0.120. The molecule has 0 unspecified atom stereocenters. The topological polar surface area (TPSA) is 37.8 Å². The maximum Gasteiger partial charge on any atom is 0.411 e. The molecule has 1 heterocycles. The highest BCUT2D eigenvalue weighted by atomic mass is 35.5. The lowest BCUT2D eigenvalue weighted by atomic mass is 10.1. The fourth-order valence-corrected chi connectivity index (χ4v) is 2.20. The van der Waals surface area contributed by atoms with Gasteiger partial charge in [0.15, 0.2) is 11.0 Å². The zero-order valence-electron chi connectivity index (χ0n) is 9.63. The zero-order chi connectivity index (χ0) is 13.7. The molecule has 0 saturated heterocycles. The van der Waals surface area contributed by atoms with Crippen LogP contribution in [0.25, 0.3) is 10.8 Å². The molecule has 0 amide bonds. The van der Waals surface area contributed by atoms with Gasteiger partial charge in [-0.2, -0.15) is 13.2 Å². The van der Waals surface area contributed by atoms with Crippen molar-refractivity contribution in [2.45, 2.75) is 24.6 Å². The number of nitrogens with one attached hydrogen (secondary N) is 1. The molecule has 3 nitrogen and oxygen atoms in total. The molecule has 0 spiro atoms. The number of nitrogens with zero attached hydrogens (tertiary/aromatic N) is 2. The van der Waals surface area contributed by atoms with E-state index in [-0.39, 0.29) is 23.8 Å². The van der Waals surface area contributed by atoms with Gasteiger partial charge in [-0.05, 0) is 12.8 Å². The Kier molecular flexibility index (Phi) is 2.60. The fourth-order valence-electron chi connectivity index (χ4n) is 1.99. The van der Waals surface area contributed by atoms with E-state index < -0.39 is 11.7 Å². The van der Waals surface area contributed by atoms with Gasteiger partial charge in [0.1, 0.15) is 5.54 Å². The third-order valence-corrected chi connectivity index (χ3v) is 3.57. The van der Waals surface area contributed by atoms with Crippen LogP contribution in [-0.2, 0) is 0 Å². The lowest BCUT2D eigenvalue weighted by molar-refractivity contribution is -0.151. The average Bonchev–Trinajstić information content (AvgIpc) is 3.14. The first-order valence-electron chi connectivity index (χ1n) is 5.69. The molecule has 1 aliphatic rings. The summed E-state index contributed by atoms with van der Waals surface area (Å²) in [5.41, 5.74) is -1.86. The summed E-state index contributed by atoms with van der Waals surface area (Å²) >= 11 is 5.88. The Morgan fingerprint density at radius 2 is 1.74 bits per heavy atom. The molecule has 1 aliphatic carbocycles. The molecule has 3 rings (SSSR count). The minimum absolute atomic E-state index is 0.0507. The van der Waals surface area contributed by atoms with Gasteiger partial charge in [0.25, 0.3) is 0 Å². The van der Waals surface area contributed by atoms with Crippen LogP contribution in [0.5, 0.6) is 0 Å². The molecule has 1 aromatic carbocycles. The second kappa shape index (κ2) is 3.96. The first kappa shape index (κ1) is 12.5. The molecule has 2 aromatic rings. The van der Waals surface area contributed by atoms with E-state index >= 15 is 0 Å². The van der Waals surface area contributed by atoms with Gasteiger partial charge >= 0.3 is 6.18 Å². The summed E-state index contributed by atoms with van der Waals surface area (Å²) in [7, 11) is 0. The molecule has 7 heteroatoms. The summed E-state index contributed by atoms with van der Waals surface area (Å²) in [4.78, 5) is 0. The van der Waals surface area contributed by atoms with Crippen LogP contribution in [0.2, 0.25) is 5.15 Å². The Morgan fingerprint density at radius 1 is 1.11 bits per heavy atom. The molecular formula is C12H9ClF3N3. The van der Waals surface area contributed by atoms with Crippen LogP contribution in [0.4, 0.5) is 19.0 Å². The summed E-state index contributed by atoms with van der Waals surface area (Å²) < 4.78 is 38.8. The SMILES string of the molecule is FC(F)(F)C1(Nc2nnc(Cl)c3ccccc23)CC1. The van der Waals surface area contributed by atoms with Crippen LogP contribution >= 0.6 is 11.6 Å². The largest absolute Gasteiger partial charge is 0.411 e. The molecular weight excluding hydrogens is 279 g/mol. The standard InChI is InChI=1S/C12H9ClF3N3/c13-9-7-3-1-2-4-8(7)10(19-18-9)17-11(5-6-11)12(14,15)16/h1-4H,5-6H2,(H,17,19). The molecule has 19 heavy (non-hydrogen) atoms. The Labute approximate surface area is 111 Å². The average molecular weight is 288 g/mol. The number of benzene rings is 1. The summed E-state index contributed by atoms with van der Waals surface area (Å²) in [6, 6.07) is 6.84. The summed E-state index contributed by atoms with van der Waals surface area (Å²) in [6.07, 6.45) is -4.19. The van der Waals surface area contributed by atoms with Crippen molar-refractivity contribution in [2.24, 2.45) is 0 Å². The predicted octanol–water partition coefficient (Wildman–Crippen LogP) is 3.79. The van der Waals surface area contributed by atoms with Gasteiger partial charge in [-0.1, -0.05) is 35.9 Å². The van der Waals surface area contributed by atoms with E-state index in [2.05, 4.69) is 15.5 Å². The van der Waals surface area contributed by atoms with Crippen LogP contribution in [0, 0.1) is 0 Å². The van der Waals surface area contributed by atoms with E-state index in [9.17, 15) is 13.2 Å². The van der Waals surface area contributed by atoms with E-state index in [1.54, 1.807) is 24.3 Å². The van der Waals surface area contributed by atoms with Crippen molar-refractivity contribution >= 4 is 28.2 Å². The molecule has 1 N–H and O–H groups in total. The van der Waals surface area contributed by atoms with Crippen molar-refractivity contribution in [3.05, 3.63) is 29.4 Å². The van der Waals surface area contributed by atoms with E-state index in [1.807, 2.05) is 0 Å². The second-order valence-corrected chi connectivity index (χ2v) is 4.95. The van der Waals surface area contributed by atoms with Gasteiger partial charge in [0.05, 0.1) is 0 Å². The number of hydrogen-bond acceptors (Lipinski definition) is 3. The van der Waals surface area contributed by atoms with Crippen LogP contribution in [-0.4, -0.2) is 21.9 Å². The van der Waals surface area contributed by atoms with Crippen LogP contribution in [0.15, 0.2) is 24.3 Å². The minimum atomic E-state index is -4.30. The molecule has 0 radical (unpaired) electrons. The molecule has 1 fully saturated rings. The normalized spacial score (nSPS) is 17.5. The van der Waals surface area contributed by atoms with Crippen LogP contribution in [0.1, 0.15) is 12.8 Å². The lowest BCUT2D eigenvalue weighted by Crippen LogP contribution is -2.39. The number of aromatic nitrogens is 2. The van der Waals surface area contributed by atoms with Gasteiger partial charge in [-0.15, -0.1) is 10.2 Å². The Balaban J connectivity index is 2.06. The van der Waals surface area contributed by atoms with E-state index in [0.717, 1.165) is 0 Å². The zero-order valence-corrected chi connectivity index (χ0v) is 10.4. The van der Waals surface area contributed by atoms with Gasteiger partial charge < -0.3 is 5.32 Å². The number of rotatable bonds is 2. The maximum atomic E-state index is 12.9. The van der Waals surface area contributed by atoms with E-state index in [1.165, 1.54) is 0 Å². The van der Waals surface area contributed by atoms with Crippen molar-refractivity contribution in [1.82, 2.24) is 10.2 Å².